The van der Waals surface area contributed by atoms with Gasteiger partial charge >= 0.3 is 0 Å². The molecule has 6 heteroatoms. The van der Waals surface area contributed by atoms with Gasteiger partial charge in [-0.15, -0.1) is 0 Å². The van der Waals surface area contributed by atoms with Gasteiger partial charge in [0, 0.05) is 19.3 Å². The van der Waals surface area contributed by atoms with Gasteiger partial charge in [0.25, 0.3) is 5.56 Å². The summed E-state index contributed by atoms with van der Waals surface area (Å²) in [7, 11) is 1.54. The van der Waals surface area contributed by atoms with Crippen LogP contribution in [0.5, 0.6) is 0 Å². The van der Waals surface area contributed by atoms with Crippen molar-refractivity contribution in [3.8, 4) is 0 Å². The van der Waals surface area contributed by atoms with Crippen molar-refractivity contribution < 1.29 is 14.3 Å². The van der Waals surface area contributed by atoms with Crippen molar-refractivity contribution in [1.82, 2.24) is 9.88 Å². The molecule has 0 unspecified atom stereocenters. The maximum absolute atomic E-state index is 12.0. The fourth-order valence-corrected chi connectivity index (χ4v) is 1.63. The first-order valence-electron chi connectivity index (χ1n) is 5.94. The van der Waals surface area contributed by atoms with Gasteiger partial charge in [-0.2, -0.15) is 0 Å². The first-order chi connectivity index (χ1) is 8.97. The van der Waals surface area contributed by atoms with Gasteiger partial charge in [-0.1, -0.05) is 0 Å². The Morgan fingerprint density at radius 3 is 2.63 bits per heavy atom. The molecule has 1 N–H and O–H groups in total. The average Bonchev–Trinajstić information content (AvgIpc) is 2.34. The number of nitrogens with zero attached hydrogens (tertiary/aromatic N) is 1. The number of carbonyl (C=O) groups excluding carboxylic acids is 2. The summed E-state index contributed by atoms with van der Waals surface area (Å²) in [5.74, 6) is -0.596. The summed E-state index contributed by atoms with van der Waals surface area (Å²) < 4.78 is 6.10. The Morgan fingerprint density at radius 2 is 2.05 bits per heavy atom. The predicted molar refractivity (Wildman–Crippen MR) is 70.3 cm³/mol. The van der Waals surface area contributed by atoms with Gasteiger partial charge in [0.2, 0.25) is 5.91 Å². The number of aryl methyl sites for hydroxylation is 1. The van der Waals surface area contributed by atoms with Crippen molar-refractivity contribution in [2.24, 2.45) is 0 Å². The summed E-state index contributed by atoms with van der Waals surface area (Å²) in [6.45, 7) is 3.74. The Labute approximate surface area is 111 Å². The third-order valence-corrected chi connectivity index (χ3v) is 2.70. The summed E-state index contributed by atoms with van der Waals surface area (Å²) in [5, 5.41) is 2.63. The van der Waals surface area contributed by atoms with E-state index < -0.39 is 5.56 Å². The molecule has 1 rings (SSSR count). The van der Waals surface area contributed by atoms with Gasteiger partial charge in [-0.25, -0.2) is 0 Å². The SMILES string of the molecule is COCCNC(=O)Cn1c(C)ccc(C(C)=O)c1=O. The van der Waals surface area contributed by atoms with Crippen LogP contribution in [0.4, 0.5) is 0 Å². The molecule has 1 aromatic heterocycles. The third-order valence-electron chi connectivity index (χ3n) is 2.70. The van der Waals surface area contributed by atoms with Crippen molar-refractivity contribution in [3.05, 3.63) is 33.7 Å². The van der Waals surface area contributed by atoms with E-state index in [1.54, 1.807) is 13.0 Å². The quantitative estimate of drug-likeness (QED) is 0.586. The number of amides is 1. The smallest absolute Gasteiger partial charge is 0.262 e. The van der Waals surface area contributed by atoms with Crippen LogP contribution in [0.1, 0.15) is 23.0 Å². The molecular weight excluding hydrogens is 248 g/mol. The van der Waals surface area contributed by atoms with Gasteiger partial charge in [0.05, 0.1) is 12.2 Å². The number of hydrogen-bond acceptors (Lipinski definition) is 4. The molecule has 0 aromatic carbocycles. The lowest BCUT2D eigenvalue weighted by Crippen LogP contribution is -2.36. The highest BCUT2D eigenvalue weighted by Gasteiger charge is 2.12. The molecule has 1 heterocycles. The second kappa shape index (κ2) is 6.84. The molecule has 19 heavy (non-hydrogen) atoms. The molecular formula is C13H18N2O4. The lowest BCUT2D eigenvalue weighted by atomic mass is 10.2. The summed E-state index contributed by atoms with van der Waals surface area (Å²) in [6.07, 6.45) is 0. The van der Waals surface area contributed by atoms with Crippen LogP contribution < -0.4 is 10.9 Å². The van der Waals surface area contributed by atoms with Crippen molar-refractivity contribution >= 4 is 11.7 Å². The minimum atomic E-state index is -0.436. The zero-order chi connectivity index (χ0) is 14.4. The van der Waals surface area contributed by atoms with Crippen molar-refractivity contribution in [2.45, 2.75) is 20.4 Å². The minimum absolute atomic E-state index is 0.0929. The van der Waals surface area contributed by atoms with E-state index in [0.717, 1.165) is 0 Å². The summed E-state index contributed by atoms with van der Waals surface area (Å²) >= 11 is 0. The van der Waals surface area contributed by atoms with Crippen LogP contribution in [0.15, 0.2) is 16.9 Å². The molecule has 1 aromatic rings. The molecule has 0 fully saturated rings. The molecule has 0 radical (unpaired) electrons. The number of ether oxygens (including phenoxy) is 1. The van der Waals surface area contributed by atoms with Crippen molar-refractivity contribution in [2.75, 3.05) is 20.3 Å². The Hall–Kier alpha value is -1.95. The molecule has 0 aliphatic rings. The molecule has 1 amide bonds. The Kier molecular flexibility index (Phi) is 5.44. The van der Waals surface area contributed by atoms with Crippen LogP contribution in [-0.4, -0.2) is 36.5 Å². The maximum Gasteiger partial charge on any atom is 0.262 e. The van der Waals surface area contributed by atoms with Crippen LogP contribution in [0.3, 0.4) is 0 Å². The molecule has 0 saturated carbocycles. The van der Waals surface area contributed by atoms with Crippen molar-refractivity contribution in [1.29, 1.82) is 0 Å². The topological polar surface area (TPSA) is 77.4 Å². The molecule has 0 aliphatic carbocycles. The number of Topliss-reactive ketones (excluding diaryl/α,β-unsaturated/α-hetero) is 1. The van der Waals surface area contributed by atoms with E-state index in [0.29, 0.717) is 18.8 Å². The number of nitrogens with one attached hydrogen (secondary N) is 1. The largest absolute Gasteiger partial charge is 0.383 e. The first-order valence-corrected chi connectivity index (χ1v) is 5.94. The number of methoxy groups -OCH3 is 1. The monoisotopic (exact) mass is 266 g/mol. The average molecular weight is 266 g/mol. The van der Waals surface area contributed by atoms with Crippen LogP contribution in [-0.2, 0) is 16.1 Å². The molecule has 0 bridgehead atoms. The van der Waals surface area contributed by atoms with E-state index in [-0.39, 0.29) is 23.8 Å². The van der Waals surface area contributed by atoms with E-state index in [1.807, 2.05) is 0 Å². The lowest BCUT2D eigenvalue weighted by Gasteiger charge is -2.11. The number of hydrogen-bond donors (Lipinski definition) is 1. The predicted octanol–water partition coefficient (Wildman–Crippen LogP) is 0.122. The highest BCUT2D eigenvalue weighted by molar-refractivity contribution is 5.93. The highest BCUT2D eigenvalue weighted by Crippen LogP contribution is 1.99. The van der Waals surface area contributed by atoms with Crippen LogP contribution >= 0.6 is 0 Å². The molecule has 0 saturated heterocycles. The fraction of sp³-hybridized carbons (Fsp3) is 0.462. The number of ketones is 1. The normalized spacial score (nSPS) is 10.3. The highest BCUT2D eigenvalue weighted by atomic mass is 16.5. The maximum atomic E-state index is 12.0. The Balaban J connectivity index is 2.89. The van der Waals surface area contributed by atoms with Gasteiger partial charge in [0.15, 0.2) is 5.78 Å². The lowest BCUT2D eigenvalue weighted by molar-refractivity contribution is -0.121. The Bertz CT molecular complexity index is 534. The standard InChI is InChI=1S/C13H18N2O4/c1-9-4-5-11(10(2)16)13(18)15(9)8-12(17)14-6-7-19-3/h4-5H,6-8H2,1-3H3,(H,14,17). The fourth-order valence-electron chi connectivity index (χ4n) is 1.63. The van der Waals surface area contributed by atoms with Crippen LogP contribution in [0, 0.1) is 6.92 Å². The van der Waals surface area contributed by atoms with E-state index in [2.05, 4.69) is 5.32 Å². The zero-order valence-corrected chi connectivity index (χ0v) is 11.4. The summed E-state index contributed by atoms with van der Waals surface area (Å²) in [5.41, 5.74) is 0.293. The van der Waals surface area contributed by atoms with E-state index in [9.17, 15) is 14.4 Å². The Morgan fingerprint density at radius 1 is 1.37 bits per heavy atom. The van der Waals surface area contributed by atoms with Crippen molar-refractivity contribution in [3.63, 3.8) is 0 Å². The molecule has 6 nitrogen and oxygen atoms in total. The number of aromatic nitrogens is 1. The number of pyridine rings is 1. The van der Waals surface area contributed by atoms with Gasteiger partial charge in [0.1, 0.15) is 6.54 Å². The van der Waals surface area contributed by atoms with Crippen LogP contribution in [0.2, 0.25) is 0 Å². The molecule has 104 valence electrons. The van der Waals surface area contributed by atoms with Gasteiger partial charge in [-0.3, -0.25) is 14.4 Å². The van der Waals surface area contributed by atoms with Gasteiger partial charge in [-0.05, 0) is 26.0 Å². The first kappa shape index (κ1) is 15.1. The van der Waals surface area contributed by atoms with Gasteiger partial charge < -0.3 is 14.6 Å². The van der Waals surface area contributed by atoms with E-state index >= 15 is 0 Å². The molecule has 0 atom stereocenters. The molecule has 0 spiro atoms. The van der Waals surface area contributed by atoms with Crippen LogP contribution in [0.25, 0.3) is 0 Å². The van der Waals surface area contributed by atoms with E-state index in [1.165, 1.54) is 24.7 Å². The third kappa shape index (κ3) is 4.03. The number of rotatable bonds is 6. The second-order valence-electron chi connectivity index (χ2n) is 4.18. The summed E-state index contributed by atoms with van der Waals surface area (Å²) in [6, 6.07) is 3.14. The molecule has 0 aliphatic heterocycles. The number of carbonyl (C=O) groups is 2. The van der Waals surface area contributed by atoms with E-state index in [4.69, 9.17) is 4.74 Å². The zero-order valence-electron chi connectivity index (χ0n) is 11.4. The minimum Gasteiger partial charge on any atom is -0.383 e. The second-order valence-corrected chi connectivity index (χ2v) is 4.18. The summed E-state index contributed by atoms with van der Waals surface area (Å²) in [4.78, 5) is 35.0.